The summed E-state index contributed by atoms with van der Waals surface area (Å²) in [6.07, 6.45) is 4.76. The Bertz CT molecular complexity index is 1400. The van der Waals surface area contributed by atoms with Crippen molar-refractivity contribution in [2.24, 2.45) is 5.73 Å². The molecule has 0 aliphatic heterocycles. The third-order valence-corrected chi connectivity index (χ3v) is 7.73. The number of halogens is 2. The summed E-state index contributed by atoms with van der Waals surface area (Å²) < 4.78 is 16.9. The summed E-state index contributed by atoms with van der Waals surface area (Å²) in [5, 5.41) is 1.000. The van der Waals surface area contributed by atoms with E-state index in [0.29, 0.717) is 35.6 Å². The molecule has 3 N–H and O–H groups in total. The largest absolute Gasteiger partial charge is 0.490 e. The van der Waals surface area contributed by atoms with Crippen LogP contribution in [0.4, 0.5) is 0 Å². The van der Waals surface area contributed by atoms with Crippen molar-refractivity contribution >= 4 is 23.2 Å². The van der Waals surface area contributed by atoms with Crippen LogP contribution in [0.1, 0.15) is 40.3 Å². The van der Waals surface area contributed by atoms with Crippen LogP contribution < -0.4 is 20.2 Å². The van der Waals surface area contributed by atoms with Crippen LogP contribution in [0.3, 0.4) is 0 Å². The molecular weight excluding hydrogens is 555 g/mol. The van der Waals surface area contributed by atoms with Gasteiger partial charge in [-0.1, -0.05) is 53.5 Å². The van der Waals surface area contributed by atoms with Crippen molar-refractivity contribution in [2.75, 3.05) is 33.5 Å². The molecule has 7 heteroatoms. The van der Waals surface area contributed by atoms with Gasteiger partial charge in [0.05, 0.1) is 10.0 Å². The number of aryl methyl sites for hydroxylation is 3. The van der Waals surface area contributed by atoms with E-state index in [1.54, 1.807) is 7.11 Å². The van der Waals surface area contributed by atoms with Gasteiger partial charge in [-0.05, 0) is 91.4 Å². The zero-order valence-corrected chi connectivity index (χ0v) is 25.5. The fraction of sp³-hybridized carbons (Fsp3) is 0.324. The van der Waals surface area contributed by atoms with E-state index >= 15 is 0 Å². The Morgan fingerprint density at radius 2 is 1.61 bits per heavy atom. The average molecular weight is 595 g/mol. The molecule has 1 heterocycles. The fourth-order valence-corrected chi connectivity index (χ4v) is 5.80. The highest BCUT2D eigenvalue weighted by Crippen LogP contribution is 2.34. The van der Waals surface area contributed by atoms with Gasteiger partial charge in [-0.25, -0.2) is 4.98 Å². The Labute approximate surface area is 253 Å². The number of methoxy groups -OCH3 is 1. The predicted octanol–water partition coefficient (Wildman–Crippen LogP) is 7.41. The van der Waals surface area contributed by atoms with Crippen LogP contribution in [-0.4, -0.2) is 33.5 Å². The van der Waals surface area contributed by atoms with Gasteiger partial charge in [-0.2, -0.15) is 0 Å². The zero-order valence-electron chi connectivity index (χ0n) is 24.0. The Morgan fingerprint density at radius 1 is 0.878 bits per heavy atom. The first-order chi connectivity index (χ1) is 19.9. The number of pyridine rings is 1. The first-order valence-electron chi connectivity index (χ1n) is 14.0. The van der Waals surface area contributed by atoms with Crippen LogP contribution >= 0.6 is 23.2 Å². The van der Waals surface area contributed by atoms with Gasteiger partial charge < -0.3 is 19.9 Å². The van der Waals surface area contributed by atoms with Crippen molar-refractivity contribution in [2.45, 2.75) is 39.0 Å². The molecule has 3 aromatic carbocycles. The van der Waals surface area contributed by atoms with Crippen molar-refractivity contribution in [3.63, 3.8) is 0 Å². The van der Waals surface area contributed by atoms with Gasteiger partial charge in [0.2, 0.25) is 0 Å². The highest BCUT2D eigenvalue weighted by Gasteiger charge is 2.17. The van der Waals surface area contributed by atoms with Gasteiger partial charge in [0.25, 0.3) is 0 Å². The van der Waals surface area contributed by atoms with Crippen molar-refractivity contribution in [1.82, 2.24) is 0 Å². The summed E-state index contributed by atoms with van der Waals surface area (Å²) in [6.45, 7) is 6.15. The highest BCUT2D eigenvalue weighted by molar-refractivity contribution is 6.37. The summed E-state index contributed by atoms with van der Waals surface area (Å²) >= 11 is 12.5. The van der Waals surface area contributed by atoms with Crippen LogP contribution in [0.2, 0.25) is 10.0 Å². The summed E-state index contributed by atoms with van der Waals surface area (Å²) in [4.78, 5) is 3.43. The van der Waals surface area contributed by atoms with E-state index in [0.717, 1.165) is 37.2 Å². The molecule has 1 atom stereocenters. The van der Waals surface area contributed by atoms with Gasteiger partial charge in [-0.3, -0.25) is 0 Å². The Balaban J connectivity index is 1.35. The molecule has 1 unspecified atom stereocenters. The second kappa shape index (κ2) is 15.2. The smallest absolute Gasteiger partial charge is 0.187 e. The molecule has 0 radical (unpaired) electrons. The van der Waals surface area contributed by atoms with Gasteiger partial charge in [0, 0.05) is 37.7 Å². The summed E-state index contributed by atoms with van der Waals surface area (Å²) in [6, 6.07) is 22.8. The monoisotopic (exact) mass is 593 g/mol. The molecular formula is C34H39Cl2N2O3+. The van der Waals surface area contributed by atoms with E-state index in [-0.39, 0.29) is 5.92 Å². The SMILES string of the molecule is COCCCc1[nH+]cccc1-c1ccc(C(CN)Cc2ccc(OCCOc3c(Cl)cc(C)cc3Cl)cc2)c(C)c1. The second-order valence-electron chi connectivity index (χ2n) is 10.3. The molecule has 216 valence electrons. The summed E-state index contributed by atoms with van der Waals surface area (Å²) in [5.74, 6) is 1.49. The molecule has 1 aromatic heterocycles. The van der Waals surface area contributed by atoms with E-state index in [1.165, 1.54) is 33.5 Å². The Hall–Kier alpha value is -3.09. The normalized spacial score (nSPS) is 11.9. The second-order valence-corrected chi connectivity index (χ2v) is 11.1. The lowest BCUT2D eigenvalue weighted by molar-refractivity contribution is -0.389. The number of benzene rings is 3. The average Bonchev–Trinajstić information content (AvgIpc) is 2.96. The first-order valence-corrected chi connectivity index (χ1v) is 14.7. The van der Waals surface area contributed by atoms with E-state index in [4.69, 9.17) is 43.1 Å². The minimum atomic E-state index is 0.219. The van der Waals surface area contributed by atoms with Crippen molar-refractivity contribution in [3.05, 3.63) is 111 Å². The Kier molecular flexibility index (Phi) is 11.5. The maximum Gasteiger partial charge on any atom is 0.187 e. The van der Waals surface area contributed by atoms with Gasteiger partial charge in [0.1, 0.15) is 19.0 Å². The molecule has 4 aromatic rings. The van der Waals surface area contributed by atoms with Crippen LogP contribution in [0, 0.1) is 13.8 Å². The Morgan fingerprint density at radius 3 is 2.29 bits per heavy atom. The third-order valence-electron chi connectivity index (χ3n) is 7.17. The standard InChI is InChI=1S/C34H38Cl2N2O3/c1-23-18-31(35)34(32(36)19-23)41-17-16-40-28-11-8-25(9-12-28)21-27(22-37)29-13-10-26(20-24(29)2)30-6-4-14-38-33(30)7-5-15-39-3/h4,6,8-14,18-20,27H,5,7,15-17,21-22,37H2,1-3H3/p+1. The number of H-pyrrole nitrogens is 1. The number of aromatic nitrogens is 1. The number of ether oxygens (including phenoxy) is 3. The van der Waals surface area contributed by atoms with Crippen molar-refractivity contribution in [3.8, 4) is 22.6 Å². The van der Waals surface area contributed by atoms with Gasteiger partial charge in [-0.15, -0.1) is 0 Å². The number of aromatic amines is 1. The van der Waals surface area contributed by atoms with Crippen LogP contribution in [0.25, 0.3) is 11.1 Å². The highest BCUT2D eigenvalue weighted by atomic mass is 35.5. The molecule has 0 spiro atoms. The molecule has 0 aliphatic carbocycles. The van der Waals surface area contributed by atoms with E-state index in [2.05, 4.69) is 54.4 Å². The lowest BCUT2D eigenvalue weighted by atomic mass is 9.87. The molecule has 0 saturated heterocycles. The lowest BCUT2D eigenvalue weighted by Crippen LogP contribution is -2.16. The quantitative estimate of drug-likeness (QED) is 0.154. The molecule has 5 nitrogen and oxygen atoms in total. The van der Waals surface area contributed by atoms with Crippen molar-refractivity contribution in [1.29, 1.82) is 0 Å². The maximum absolute atomic E-state index is 6.28. The van der Waals surface area contributed by atoms with Crippen molar-refractivity contribution < 1.29 is 19.2 Å². The molecule has 0 amide bonds. The third kappa shape index (κ3) is 8.46. The molecule has 4 rings (SSSR count). The fourth-order valence-electron chi connectivity index (χ4n) is 5.10. The van der Waals surface area contributed by atoms with E-state index in [9.17, 15) is 0 Å². The molecule has 41 heavy (non-hydrogen) atoms. The number of hydrogen-bond acceptors (Lipinski definition) is 4. The van der Waals surface area contributed by atoms with Gasteiger partial charge in [0.15, 0.2) is 17.6 Å². The maximum atomic E-state index is 6.28. The predicted molar refractivity (Wildman–Crippen MR) is 167 cm³/mol. The molecule has 0 bridgehead atoms. The van der Waals surface area contributed by atoms with E-state index < -0.39 is 0 Å². The van der Waals surface area contributed by atoms with Crippen LogP contribution in [-0.2, 0) is 17.6 Å². The topological polar surface area (TPSA) is 67.9 Å². The lowest BCUT2D eigenvalue weighted by Gasteiger charge is -2.19. The minimum absolute atomic E-state index is 0.219. The number of nitrogens with two attached hydrogens (primary N) is 1. The van der Waals surface area contributed by atoms with Gasteiger partial charge >= 0.3 is 0 Å². The van der Waals surface area contributed by atoms with Crippen LogP contribution in [0.15, 0.2) is 72.9 Å². The van der Waals surface area contributed by atoms with E-state index in [1.807, 2.05) is 37.4 Å². The van der Waals surface area contributed by atoms with Crippen LogP contribution in [0.5, 0.6) is 11.5 Å². The summed E-state index contributed by atoms with van der Waals surface area (Å²) in [5.41, 5.74) is 14.7. The molecule has 0 fully saturated rings. The zero-order chi connectivity index (χ0) is 29.2. The minimum Gasteiger partial charge on any atom is -0.490 e. The number of rotatable bonds is 14. The number of nitrogens with one attached hydrogen (secondary N) is 1. The first kappa shape index (κ1) is 30.9. The number of hydrogen-bond donors (Lipinski definition) is 1. The summed E-state index contributed by atoms with van der Waals surface area (Å²) in [7, 11) is 1.74. The molecule has 0 aliphatic rings. The molecule has 0 saturated carbocycles.